The van der Waals surface area contributed by atoms with Crippen LogP contribution in [0.3, 0.4) is 0 Å². The summed E-state index contributed by atoms with van der Waals surface area (Å²) in [6.07, 6.45) is 3.09. The van der Waals surface area contributed by atoms with Crippen LogP contribution in [0, 0.1) is 11.3 Å². The Morgan fingerprint density at radius 3 is 3.00 bits per heavy atom. The zero-order valence-corrected chi connectivity index (χ0v) is 8.63. The summed E-state index contributed by atoms with van der Waals surface area (Å²) in [6, 6.07) is 4.82. The summed E-state index contributed by atoms with van der Waals surface area (Å²) in [7, 11) is 0. The van der Waals surface area contributed by atoms with Crippen LogP contribution in [0.25, 0.3) is 0 Å². The van der Waals surface area contributed by atoms with E-state index in [9.17, 15) is 4.79 Å². The lowest BCUT2D eigenvalue weighted by Gasteiger charge is -2.22. The molecule has 1 aromatic rings. The highest BCUT2D eigenvalue weighted by Gasteiger charge is 2.30. The maximum absolute atomic E-state index is 11.0. The summed E-state index contributed by atoms with van der Waals surface area (Å²) in [5.74, 6) is -0.804. The van der Waals surface area contributed by atoms with Gasteiger partial charge in [0.05, 0.1) is 11.9 Å². The first kappa shape index (κ1) is 10.4. The predicted molar refractivity (Wildman–Crippen MR) is 57.0 cm³/mol. The molecule has 1 saturated heterocycles. The molecule has 1 aliphatic rings. The second-order valence-corrected chi connectivity index (χ2v) is 3.70. The van der Waals surface area contributed by atoms with Gasteiger partial charge in [0, 0.05) is 6.54 Å². The first-order chi connectivity index (χ1) is 7.72. The molecule has 5 nitrogen and oxygen atoms in total. The number of hydrogen-bond donors (Lipinski definition) is 1. The van der Waals surface area contributed by atoms with Crippen molar-refractivity contribution in [1.82, 2.24) is 4.98 Å². The Morgan fingerprint density at radius 2 is 2.44 bits per heavy atom. The van der Waals surface area contributed by atoms with E-state index < -0.39 is 12.0 Å². The molecular formula is C11H11N3O2. The van der Waals surface area contributed by atoms with Crippen LogP contribution in [0.2, 0.25) is 0 Å². The number of rotatable bonds is 2. The average Bonchev–Trinajstić information content (AvgIpc) is 2.78. The third-order valence-electron chi connectivity index (χ3n) is 2.73. The lowest BCUT2D eigenvalue weighted by molar-refractivity contribution is -0.138. The molecule has 0 amide bonds. The van der Waals surface area contributed by atoms with E-state index in [1.807, 2.05) is 11.0 Å². The fourth-order valence-electron chi connectivity index (χ4n) is 1.95. The third-order valence-corrected chi connectivity index (χ3v) is 2.73. The van der Waals surface area contributed by atoms with E-state index >= 15 is 0 Å². The van der Waals surface area contributed by atoms with E-state index in [4.69, 9.17) is 10.4 Å². The van der Waals surface area contributed by atoms with Gasteiger partial charge < -0.3 is 10.0 Å². The maximum atomic E-state index is 11.0. The standard InChI is InChI=1S/C11H11N3O2/c12-6-8-3-4-9(7-13-8)14-5-1-2-10(14)11(15)16/h3-4,7,10H,1-2,5H2,(H,15,16)/t10-/m1/s1. The van der Waals surface area contributed by atoms with Gasteiger partial charge in [-0.15, -0.1) is 0 Å². The molecule has 1 aliphatic heterocycles. The van der Waals surface area contributed by atoms with Gasteiger partial charge in [-0.3, -0.25) is 0 Å². The number of hydrogen-bond acceptors (Lipinski definition) is 4. The molecule has 0 aliphatic carbocycles. The molecule has 1 aromatic heterocycles. The number of carbonyl (C=O) groups is 1. The summed E-state index contributed by atoms with van der Waals surface area (Å²) in [5.41, 5.74) is 1.11. The van der Waals surface area contributed by atoms with Crippen LogP contribution >= 0.6 is 0 Å². The zero-order valence-electron chi connectivity index (χ0n) is 8.63. The van der Waals surface area contributed by atoms with Crippen molar-refractivity contribution < 1.29 is 9.90 Å². The molecular weight excluding hydrogens is 206 g/mol. The topological polar surface area (TPSA) is 77.2 Å². The molecule has 1 N–H and O–H groups in total. The van der Waals surface area contributed by atoms with E-state index in [0.29, 0.717) is 12.1 Å². The average molecular weight is 217 g/mol. The van der Waals surface area contributed by atoms with Crippen molar-refractivity contribution in [3.63, 3.8) is 0 Å². The number of anilines is 1. The molecule has 1 fully saturated rings. The molecule has 2 rings (SSSR count). The Morgan fingerprint density at radius 1 is 1.62 bits per heavy atom. The van der Waals surface area contributed by atoms with Gasteiger partial charge in [0.1, 0.15) is 17.8 Å². The number of carboxylic acid groups (broad SMARTS) is 1. The summed E-state index contributed by atoms with van der Waals surface area (Å²) in [6.45, 7) is 0.727. The number of nitrogens with zero attached hydrogens (tertiary/aromatic N) is 3. The largest absolute Gasteiger partial charge is 0.480 e. The van der Waals surface area contributed by atoms with Crippen molar-refractivity contribution in [3.8, 4) is 6.07 Å². The fraction of sp³-hybridized carbons (Fsp3) is 0.364. The Hall–Kier alpha value is -2.09. The Kier molecular flexibility index (Phi) is 2.73. The van der Waals surface area contributed by atoms with E-state index in [-0.39, 0.29) is 0 Å². The van der Waals surface area contributed by atoms with Gasteiger partial charge in [-0.2, -0.15) is 5.26 Å². The first-order valence-electron chi connectivity index (χ1n) is 5.08. The molecule has 0 bridgehead atoms. The summed E-state index contributed by atoms with van der Waals surface area (Å²) in [5, 5.41) is 17.6. The SMILES string of the molecule is N#Cc1ccc(N2CCC[C@@H]2C(=O)O)cn1. The Balaban J connectivity index is 2.23. The summed E-state index contributed by atoms with van der Waals surface area (Å²) < 4.78 is 0. The molecule has 16 heavy (non-hydrogen) atoms. The molecule has 0 unspecified atom stereocenters. The van der Waals surface area contributed by atoms with E-state index in [2.05, 4.69) is 4.98 Å². The molecule has 5 heteroatoms. The molecule has 0 radical (unpaired) electrons. The number of pyridine rings is 1. The van der Waals surface area contributed by atoms with E-state index in [1.54, 1.807) is 18.3 Å². The molecule has 0 spiro atoms. The maximum Gasteiger partial charge on any atom is 0.326 e. The Labute approximate surface area is 92.9 Å². The van der Waals surface area contributed by atoms with Crippen molar-refractivity contribution in [2.45, 2.75) is 18.9 Å². The second kappa shape index (κ2) is 4.19. The molecule has 1 atom stereocenters. The number of aliphatic carboxylic acids is 1. The minimum atomic E-state index is -0.804. The first-order valence-corrected chi connectivity index (χ1v) is 5.08. The van der Waals surface area contributed by atoms with E-state index in [0.717, 1.165) is 18.7 Å². The highest BCUT2D eigenvalue weighted by molar-refractivity contribution is 5.78. The molecule has 0 saturated carbocycles. The van der Waals surface area contributed by atoms with Crippen molar-refractivity contribution in [3.05, 3.63) is 24.0 Å². The second-order valence-electron chi connectivity index (χ2n) is 3.70. The van der Waals surface area contributed by atoms with Gasteiger partial charge in [0.25, 0.3) is 0 Å². The minimum absolute atomic E-state index is 0.342. The van der Waals surface area contributed by atoms with Crippen LogP contribution in [0.1, 0.15) is 18.5 Å². The Bertz CT molecular complexity index is 436. The third kappa shape index (κ3) is 1.82. The minimum Gasteiger partial charge on any atom is -0.480 e. The van der Waals surface area contributed by atoms with Gasteiger partial charge in [-0.1, -0.05) is 0 Å². The van der Waals surface area contributed by atoms with Crippen molar-refractivity contribution in [2.24, 2.45) is 0 Å². The lowest BCUT2D eigenvalue weighted by Crippen LogP contribution is -2.35. The van der Waals surface area contributed by atoms with Gasteiger partial charge in [-0.25, -0.2) is 9.78 Å². The molecule has 2 heterocycles. The van der Waals surface area contributed by atoms with Crippen LogP contribution < -0.4 is 4.90 Å². The van der Waals surface area contributed by atoms with Gasteiger partial charge in [0.2, 0.25) is 0 Å². The summed E-state index contributed by atoms with van der Waals surface area (Å²) in [4.78, 5) is 16.7. The zero-order chi connectivity index (χ0) is 11.5. The van der Waals surface area contributed by atoms with Crippen LogP contribution in [0.15, 0.2) is 18.3 Å². The van der Waals surface area contributed by atoms with Crippen LogP contribution in [-0.4, -0.2) is 28.6 Å². The van der Waals surface area contributed by atoms with Gasteiger partial charge in [-0.05, 0) is 25.0 Å². The normalized spacial score (nSPS) is 19.4. The van der Waals surface area contributed by atoms with Crippen LogP contribution in [-0.2, 0) is 4.79 Å². The highest BCUT2D eigenvalue weighted by Crippen LogP contribution is 2.24. The molecule has 82 valence electrons. The fourth-order valence-corrected chi connectivity index (χ4v) is 1.95. The monoisotopic (exact) mass is 217 g/mol. The lowest BCUT2D eigenvalue weighted by atomic mass is 10.2. The van der Waals surface area contributed by atoms with Gasteiger partial charge >= 0.3 is 5.97 Å². The van der Waals surface area contributed by atoms with E-state index in [1.165, 1.54) is 0 Å². The van der Waals surface area contributed by atoms with Gasteiger partial charge in [0.15, 0.2) is 0 Å². The predicted octanol–water partition coefficient (Wildman–Crippen LogP) is 1.01. The van der Waals surface area contributed by atoms with Crippen LogP contribution in [0.5, 0.6) is 0 Å². The summed E-state index contributed by atoms with van der Waals surface area (Å²) >= 11 is 0. The van der Waals surface area contributed by atoms with Crippen molar-refractivity contribution in [1.29, 1.82) is 5.26 Å². The quantitative estimate of drug-likeness (QED) is 0.799. The van der Waals surface area contributed by atoms with Crippen molar-refractivity contribution >= 4 is 11.7 Å². The highest BCUT2D eigenvalue weighted by atomic mass is 16.4. The molecule has 0 aromatic carbocycles. The van der Waals surface area contributed by atoms with Crippen molar-refractivity contribution in [2.75, 3.05) is 11.4 Å². The smallest absolute Gasteiger partial charge is 0.326 e. The number of carboxylic acids is 1. The number of nitriles is 1. The number of aromatic nitrogens is 1. The van der Waals surface area contributed by atoms with Crippen LogP contribution in [0.4, 0.5) is 5.69 Å².